The van der Waals surface area contributed by atoms with Crippen LogP contribution in [0, 0.1) is 0 Å². The fourth-order valence-corrected chi connectivity index (χ4v) is 3.84. The molecule has 2 aromatic heterocycles. The first kappa shape index (κ1) is 19.4. The van der Waals surface area contributed by atoms with Gasteiger partial charge in [-0.2, -0.15) is 24.5 Å². The van der Waals surface area contributed by atoms with Crippen LogP contribution in [0.4, 0.5) is 23.7 Å². The molecule has 0 radical (unpaired) electrons. The first-order valence-electron chi connectivity index (χ1n) is 8.99. The van der Waals surface area contributed by atoms with Crippen molar-refractivity contribution in [2.75, 3.05) is 18.4 Å². The molecule has 0 atom stereocenters. The molecule has 3 heterocycles. The Labute approximate surface area is 168 Å². The van der Waals surface area contributed by atoms with Crippen LogP contribution in [0.3, 0.4) is 0 Å². The second-order valence-electron chi connectivity index (χ2n) is 6.73. The van der Waals surface area contributed by atoms with E-state index in [9.17, 15) is 18.0 Å². The van der Waals surface area contributed by atoms with Crippen molar-refractivity contribution < 1.29 is 22.4 Å². The summed E-state index contributed by atoms with van der Waals surface area (Å²) >= 11 is 1.54. The average molecular weight is 422 g/mol. The molecule has 1 saturated heterocycles. The number of nitrogens with zero attached hydrogens (tertiary/aromatic N) is 3. The van der Waals surface area contributed by atoms with Gasteiger partial charge in [0.2, 0.25) is 11.8 Å². The fourth-order valence-electron chi connectivity index (χ4n) is 3.21. The monoisotopic (exact) mass is 422 g/mol. The van der Waals surface area contributed by atoms with Crippen molar-refractivity contribution in [1.29, 1.82) is 0 Å². The van der Waals surface area contributed by atoms with Gasteiger partial charge in [0, 0.05) is 35.6 Å². The highest BCUT2D eigenvalue weighted by atomic mass is 32.1. The van der Waals surface area contributed by atoms with Crippen molar-refractivity contribution >= 4 is 23.1 Å². The third-order valence-corrected chi connectivity index (χ3v) is 5.46. The summed E-state index contributed by atoms with van der Waals surface area (Å²) < 4.78 is 44.2. The van der Waals surface area contributed by atoms with E-state index in [1.807, 2.05) is 16.8 Å². The van der Waals surface area contributed by atoms with Crippen molar-refractivity contribution in [2.24, 2.45) is 0 Å². The number of rotatable bonds is 3. The van der Waals surface area contributed by atoms with Crippen LogP contribution in [0.1, 0.15) is 30.2 Å². The fraction of sp³-hybridized carbons (Fsp3) is 0.316. The second kappa shape index (κ2) is 7.86. The number of urea groups is 1. The number of alkyl halides is 3. The number of benzene rings is 1. The third-order valence-electron chi connectivity index (χ3n) is 4.78. The highest BCUT2D eigenvalue weighted by Gasteiger charge is 2.31. The maximum absolute atomic E-state index is 12.8. The summed E-state index contributed by atoms with van der Waals surface area (Å²) in [6.45, 7) is 0.900. The molecule has 1 aromatic carbocycles. The highest BCUT2D eigenvalue weighted by Crippen LogP contribution is 2.32. The van der Waals surface area contributed by atoms with E-state index in [0.29, 0.717) is 37.7 Å². The lowest BCUT2D eigenvalue weighted by Gasteiger charge is -2.30. The Bertz CT molecular complexity index is 980. The average Bonchev–Trinajstić information content (AvgIpc) is 3.39. The minimum absolute atomic E-state index is 0.0486. The molecule has 1 aliphatic rings. The van der Waals surface area contributed by atoms with Crippen LogP contribution in [0.15, 0.2) is 45.5 Å². The van der Waals surface area contributed by atoms with E-state index in [4.69, 9.17) is 4.42 Å². The van der Waals surface area contributed by atoms with E-state index in [0.717, 1.165) is 17.7 Å². The molecule has 0 unspecified atom stereocenters. The third kappa shape index (κ3) is 4.42. The number of likely N-dealkylation sites (tertiary alicyclic amines) is 1. The number of carbonyl (C=O) groups is 1. The van der Waals surface area contributed by atoms with Gasteiger partial charge in [-0.3, -0.25) is 0 Å². The lowest BCUT2D eigenvalue weighted by atomic mass is 9.97. The van der Waals surface area contributed by atoms with Gasteiger partial charge in [-0.1, -0.05) is 6.07 Å². The quantitative estimate of drug-likeness (QED) is 0.628. The smallest absolute Gasteiger partial charge is 0.416 e. The van der Waals surface area contributed by atoms with Gasteiger partial charge in [0.15, 0.2) is 0 Å². The number of aromatic nitrogens is 2. The molecule has 0 bridgehead atoms. The topological polar surface area (TPSA) is 71.3 Å². The first-order chi connectivity index (χ1) is 13.9. The maximum Gasteiger partial charge on any atom is 0.416 e. The molecule has 3 aromatic rings. The van der Waals surface area contributed by atoms with Crippen LogP contribution in [-0.4, -0.2) is 34.2 Å². The molecule has 1 aliphatic heterocycles. The largest absolute Gasteiger partial charge is 0.420 e. The number of piperidine rings is 1. The van der Waals surface area contributed by atoms with Gasteiger partial charge in [0.25, 0.3) is 0 Å². The Balaban J connectivity index is 1.34. The lowest BCUT2D eigenvalue weighted by molar-refractivity contribution is -0.137. The van der Waals surface area contributed by atoms with Gasteiger partial charge in [0.1, 0.15) is 0 Å². The Morgan fingerprint density at radius 1 is 1.21 bits per heavy atom. The van der Waals surface area contributed by atoms with E-state index in [1.165, 1.54) is 12.1 Å². The number of thiophene rings is 1. The minimum atomic E-state index is -4.45. The normalized spacial score (nSPS) is 15.5. The van der Waals surface area contributed by atoms with Gasteiger partial charge in [0.05, 0.1) is 5.56 Å². The molecule has 0 saturated carbocycles. The summed E-state index contributed by atoms with van der Waals surface area (Å²) in [5, 5.41) is 14.6. The van der Waals surface area contributed by atoms with E-state index in [1.54, 1.807) is 16.2 Å². The number of carbonyl (C=O) groups excluding carboxylic acids is 1. The second-order valence-corrected chi connectivity index (χ2v) is 7.51. The molecular weight excluding hydrogens is 405 g/mol. The van der Waals surface area contributed by atoms with E-state index >= 15 is 0 Å². The predicted octanol–water partition coefficient (Wildman–Crippen LogP) is 5.23. The molecule has 152 valence electrons. The summed E-state index contributed by atoms with van der Waals surface area (Å²) in [5.41, 5.74) is 0.197. The number of hydrogen-bond acceptors (Lipinski definition) is 5. The zero-order chi connectivity index (χ0) is 20.4. The van der Waals surface area contributed by atoms with Gasteiger partial charge in [-0.25, -0.2) is 4.79 Å². The molecule has 0 aliphatic carbocycles. The van der Waals surface area contributed by atoms with Gasteiger partial charge in [-0.15, -0.1) is 10.2 Å². The molecule has 6 nitrogen and oxygen atoms in total. The molecular formula is C19H17F3N4O2S. The van der Waals surface area contributed by atoms with Crippen molar-refractivity contribution in [3.63, 3.8) is 0 Å². The minimum Gasteiger partial charge on any atom is -0.420 e. The molecule has 1 N–H and O–H groups in total. The predicted molar refractivity (Wildman–Crippen MR) is 102 cm³/mol. The zero-order valence-corrected chi connectivity index (χ0v) is 16.0. The number of nitrogens with one attached hydrogen (secondary N) is 1. The van der Waals surface area contributed by atoms with Crippen molar-refractivity contribution in [3.05, 3.63) is 52.5 Å². The number of anilines is 1. The van der Waals surface area contributed by atoms with Crippen LogP contribution >= 0.6 is 11.3 Å². The molecule has 2 amide bonds. The van der Waals surface area contributed by atoms with Gasteiger partial charge in [-0.05, 0) is 42.5 Å². The van der Waals surface area contributed by atoms with Crippen molar-refractivity contribution in [2.45, 2.75) is 24.9 Å². The van der Waals surface area contributed by atoms with E-state index in [2.05, 4.69) is 15.5 Å². The van der Waals surface area contributed by atoms with Crippen molar-refractivity contribution in [1.82, 2.24) is 15.1 Å². The van der Waals surface area contributed by atoms with Gasteiger partial charge < -0.3 is 14.6 Å². The standard InChI is InChI=1S/C19H17F3N4O2S/c20-19(21,22)14-2-1-3-15(10-14)23-18(27)26-7-4-12(5-8-26)16-24-25-17(28-16)13-6-9-29-11-13/h1-3,6,9-12H,4-5,7-8H2,(H,23,27). The molecule has 29 heavy (non-hydrogen) atoms. The summed E-state index contributed by atoms with van der Waals surface area (Å²) in [4.78, 5) is 14.0. The van der Waals surface area contributed by atoms with Crippen molar-refractivity contribution in [3.8, 4) is 11.5 Å². The Morgan fingerprint density at radius 2 is 2.00 bits per heavy atom. The van der Waals surface area contributed by atoms with Crippen LogP contribution in [0.5, 0.6) is 0 Å². The highest BCUT2D eigenvalue weighted by molar-refractivity contribution is 7.08. The SMILES string of the molecule is O=C(Nc1cccc(C(F)(F)F)c1)N1CCC(c2nnc(-c3ccsc3)o2)CC1. The molecule has 10 heteroatoms. The van der Waals surface area contributed by atoms with Crippen LogP contribution in [0.2, 0.25) is 0 Å². The summed E-state index contributed by atoms with van der Waals surface area (Å²) in [6.07, 6.45) is -3.17. The zero-order valence-electron chi connectivity index (χ0n) is 15.1. The Kier molecular flexibility index (Phi) is 5.27. The van der Waals surface area contributed by atoms with Crippen LogP contribution in [0.25, 0.3) is 11.5 Å². The van der Waals surface area contributed by atoms with Gasteiger partial charge >= 0.3 is 12.2 Å². The summed E-state index contributed by atoms with van der Waals surface area (Å²) in [6, 6.07) is 6.08. The lowest BCUT2D eigenvalue weighted by Crippen LogP contribution is -2.40. The van der Waals surface area contributed by atoms with E-state index in [-0.39, 0.29) is 11.6 Å². The number of halogens is 3. The summed E-state index contributed by atoms with van der Waals surface area (Å²) in [5.74, 6) is 1.07. The van der Waals surface area contributed by atoms with Crippen LogP contribution in [-0.2, 0) is 6.18 Å². The Hall–Kier alpha value is -2.88. The molecule has 4 rings (SSSR count). The number of amides is 2. The Morgan fingerprint density at radius 3 is 2.69 bits per heavy atom. The first-order valence-corrected chi connectivity index (χ1v) is 9.93. The molecule has 1 fully saturated rings. The van der Waals surface area contributed by atoms with E-state index < -0.39 is 17.8 Å². The maximum atomic E-state index is 12.8. The van der Waals surface area contributed by atoms with Crippen LogP contribution < -0.4 is 5.32 Å². The summed E-state index contributed by atoms with van der Waals surface area (Å²) in [7, 11) is 0. The number of hydrogen-bond donors (Lipinski definition) is 1. The molecule has 0 spiro atoms.